The van der Waals surface area contributed by atoms with Crippen molar-refractivity contribution in [1.29, 1.82) is 0 Å². The Labute approximate surface area is 204 Å². The Morgan fingerprint density at radius 2 is 1.70 bits per heavy atom. The first kappa shape index (κ1) is 25.4. The average Bonchev–Trinajstić information content (AvgIpc) is 2.79. The molecular weight excluding hydrogens is 428 g/mol. The lowest BCUT2D eigenvalue weighted by Gasteiger charge is -2.30. The zero-order valence-corrected chi connectivity index (χ0v) is 21.4. The summed E-state index contributed by atoms with van der Waals surface area (Å²) in [4.78, 5) is 12.1. The standard InChI is InChI=1S/C28H37ClN4/c1-21-17-22(2)26(32-18-21)19-33(16-7-6-14-30-5)20-27-25(9-8-15-31-27)28(3,4)23-10-12-24(29)13-11-23/h8-13,15,17-18,30H,6-7,14,16,19-20H2,1-5H3. The molecule has 3 rings (SSSR count). The highest BCUT2D eigenvalue weighted by atomic mass is 35.5. The van der Waals surface area contributed by atoms with Gasteiger partial charge in [0.15, 0.2) is 0 Å². The molecule has 0 bridgehead atoms. The maximum atomic E-state index is 6.15. The number of rotatable bonds is 11. The van der Waals surface area contributed by atoms with E-state index in [9.17, 15) is 0 Å². The van der Waals surface area contributed by atoms with Crippen LogP contribution in [0, 0.1) is 13.8 Å². The third kappa shape index (κ3) is 6.86. The van der Waals surface area contributed by atoms with Gasteiger partial charge in [0.1, 0.15) is 0 Å². The average molecular weight is 465 g/mol. The summed E-state index contributed by atoms with van der Waals surface area (Å²) in [5, 5.41) is 4.01. The molecule has 0 aliphatic carbocycles. The van der Waals surface area contributed by atoms with E-state index in [2.05, 4.69) is 62.2 Å². The highest BCUT2D eigenvalue weighted by molar-refractivity contribution is 6.30. The fraction of sp³-hybridized carbons (Fsp3) is 0.429. The van der Waals surface area contributed by atoms with E-state index in [0.717, 1.165) is 55.4 Å². The molecule has 0 spiro atoms. The molecular formula is C28H37ClN4. The molecule has 0 fully saturated rings. The number of hydrogen-bond acceptors (Lipinski definition) is 4. The zero-order chi connectivity index (χ0) is 23.8. The summed E-state index contributed by atoms with van der Waals surface area (Å²) >= 11 is 6.15. The number of nitrogens with one attached hydrogen (secondary N) is 1. The molecule has 0 atom stereocenters. The third-order valence-corrected chi connectivity index (χ3v) is 6.60. The van der Waals surface area contributed by atoms with Crippen LogP contribution in [-0.4, -0.2) is 35.0 Å². The molecule has 0 saturated heterocycles. The molecule has 176 valence electrons. The SMILES string of the molecule is CNCCCCN(Cc1ncc(C)cc1C)Cc1ncccc1C(C)(C)c1ccc(Cl)cc1. The van der Waals surface area contributed by atoms with E-state index in [-0.39, 0.29) is 5.41 Å². The van der Waals surface area contributed by atoms with Gasteiger partial charge in [-0.15, -0.1) is 0 Å². The quantitative estimate of drug-likeness (QED) is 0.349. The Morgan fingerprint density at radius 3 is 2.39 bits per heavy atom. The van der Waals surface area contributed by atoms with Crippen molar-refractivity contribution in [1.82, 2.24) is 20.2 Å². The Morgan fingerprint density at radius 1 is 0.970 bits per heavy atom. The van der Waals surface area contributed by atoms with Crippen LogP contribution in [0.3, 0.4) is 0 Å². The number of aryl methyl sites for hydroxylation is 2. The molecule has 0 amide bonds. The number of unbranched alkanes of at least 4 members (excludes halogenated alkanes) is 1. The van der Waals surface area contributed by atoms with E-state index < -0.39 is 0 Å². The highest BCUT2D eigenvalue weighted by Crippen LogP contribution is 2.34. The number of hydrogen-bond donors (Lipinski definition) is 1. The van der Waals surface area contributed by atoms with Gasteiger partial charge < -0.3 is 5.32 Å². The lowest BCUT2D eigenvalue weighted by Crippen LogP contribution is -2.29. The molecule has 3 aromatic rings. The minimum Gasteiger partial charge on any atom is -0.320 e. The lowest BCUT2D eigenvalue weighted by atomic mass is 9.77. The summed E-state index contributed by atoms with van der Waals surface area (Å²) in [7, 11) is 2.01. The molecule has 5 heteroatoms. The molecule has 33 heavy (non-hydrogen) atoms. The zero-order valence-electron chi connectivity index (χ0n) is 20.7. The van der Waals surface area contributed by atoms with E-state index in [0.29, 0.717) is 0 Å². The molecule has 0 radical (unpaired) electrons. The van der Waals surface area contributed by atoms with Gasteiger partial charge in [-0.2, -0.15) is 0 Å². The Balaban J connectivity index is 1.88. The van der Waals surface area contributed by atoms with Gasteiger partial charge in [-0.25, -0.2) is 0 Å². The van der Waals surface area contributed by atoms with Gasteiger partial charge in [0.25, 0.3) is 0 Å². The first-order valence-electron chi connectivity index (χ1n) is 11.8. The van der Waals surface area contributed by atoms with Crippen LogP contribution in [0.2, 0.25) is 5.02 Å². The minimum absolute atomic E-state index is 0.177. The van der Waals surface area contributed by atoms with Crippen LogP contribution < -0.4 is 5.32 Å². The van der Waals surface area contributed by atoms with Gasteiger partial charge in [0, 0.05) is 35.9 Å². The summed E-state index contributed by atoms with van der Waals surface area (Å²) in [6.45, 7) is 12.4. The molecule has 2 heterocycles. The smallest absolute Gasteiger partial charge is 0.0584 e. The number of pyridine rings is 2. The summed E-state index contributed by atoms with van der Waals surface area (Å²) in [6, 6.07) is 14.6. The summed E-state index contributed by atoms with van der Waals surface area (Å²) in [5.74, 6) is 0. The Bertz CT molecular complexity index is 1030. The van der Waals surface area contributed by atoms with Crippen molar-refractivity contribution in [2.45, 2.75) is 59.0 Å². The van der Waals surface area contributed by atoms with Crippen LogP contribution in [-0.2, 0) is 18.5 Å². The molecule has 0 aliphatic heterocycles. The number of aromatic nitrogens is 2. The van der Waals surface area contributed by atoms with Crippen molar-refractivity contribution in [2.24, 2.45) is 0 Å². The molecule has 4 nitrogen and oxygen atoms in total. The van der Waals surface area contributed by atoms with Gasteiger partial charge in [0.05, 0.1) is 11.4 Å². The molecule has 0 unspecified atom stereocenters. The maximum Gasteiger partial charge on any atom is 0.0584 e. The predicted octanol–water partition coefficient (Wildman–Crippen LogP) is 6.07. The van der Waals surface area contributed by atoms with E-state index in [4.69, 9.17) is 21.6 Å². The number of nitrogens with zero attached hydrogens (tertiary/aromatic N) is 3. The van der Waals surface area contributed by atoms with Gasteiger partial charge in [-0.1, -0.05) is 49.7 Å². The monoisotopic (exact) mass is 464 g/mol. The lowest BCUT2D eigenvalue weighted by molar-refractivity contribution is 0.243. The Kier molecular flexibility index (Phi) is 9.02. The van der Waals surface area contributed by atoms with Crippen molar-refractivity contribution in [3.63, 3.8) is 0 Å². The van der Waals surface area contributed by atoms with Crippen LogP contribution in [0.25, 0.3) is 0 Å². The highest BCUT2D eigenvalue weighted by Gasteiger charge is 2.27. The third-order valence-electron chi connectivity index (χ3n) is 6.35. The predicted molar refractivity (Wildman–Crippen MR) is 139 cm³/mol. The van der Waals surface area contributed by atoms with Crippen molar-refractivity contribution in [3.8, 4) is 0 Å². The van der Waals surface area contributed by atoms with E-state index in [1.54, 1.807) is 0 Å². The topological polar surface area (TPSA) is 41.0 Å². The van der Waals surface area contributed by atoms with Crippen LogP contribution in [0.5, 0.6) is 0 Å². The molecule has 1 N–H and O–H groups in total. The van der Waals surface area contributed by atoms with Gasteiger partial charge in [0.2, 0.25) is 0 Å². The molecule has 0 saturated carbocycles. The number of benzene rings is 1. The summed E-state index contributed by atoms with van der Waals surface area (Å²) < 4.78 is 0. The molecule has 1 aromatic carbocycles. The first-order valence-corrected chi connectivity index (χ1v) is 12.2. The second-order valence-corrected chi connectivity index (χ2v) is 9.86. The second-order valence-electron chi connectivity index (χ2n) is 9.43. The second kappa shape index (κ2) is 11.7. The van der Waals surface area contributed by atoms with Crippen LogP contribution in [0.1, 0.15) is 60.3 Å². The van der Waals surface area contributed by atoms with Gasteiger partial charge >= 0.3 is 0 Å². The van der Waals surface area contributed by atoms with E-state index in [1.165, 1.54) is 22.3 Å². The van der Waals surface area contributed by atoms with Crippen LogP contribution in [0.15, 0.2) is 54.9 Å². The van der Waals surface area contributed by atoms with Crippen LogP contribution in [0.4, 0.5) is 0 Å². The van der Waals surface area contributed by atoms with E-state index in [1.807, 2.05) is 37.6 Å². The van der Waals surface area contributed by atoms with Crippen molar-refractivity contribution < 1.29 is 0 Å². The minimum atomic E-state index is -0.177. The largest absolute Gasteiger partial charge is 0.320 e. The summed E-state index contributed by atoms with van der Waals surface area (Å²) in [6.07, 6.45) is 6.16. The maximum absolute atomic E-state index is 6.15. The van der Waals surface area contributed by atoms with Gasteiger partial charge in [-0.05, 0) is 87.3 Å². The molecule has 2 aromatic heterocycles. The van der Waals surface area contributed by atoms with Crippen molar-refractivity contribution in [3.05, 3.63) is 93.5 Å². The normalized spacial score (nSPS) is 11.8. The van der Waals surface area contributed by atoms with E-state index >= 15 is 0 Å². The van der Waals surface area contributed by atoms with Crippen molar-refractivity contribution >= 4 is 11.6 Å². The number of halogens is 1. The van der Waals surface area contributed by atoms with Gasteiger partial charge in [-0.3, -0.25) is 14.9 Å². The van der Waals surface area contributed by atoms with Crippen LogP contribution >= 0.6 is 11.6 Å². The first-order chi connectivity index (χ1) is 15.8. The van der Waals surface area contributed by atoms with Crippen molar-refractivity contribution in [2.75, 3.05) is 20.1 Å². The molecule has 0 aliphatic rings. The fourth-order valence-electron chi connectivity index (χ4n) is 4.34. The summed E-state index contributed by atoms with van der Waals surface area (Å²) in [5.41, 5.74) is 7.02. The Hall–Kier alpha value is -2.27. The fourth-order valence-corrected chi connectivity index (χ4v) is 4.47.